The standard InChI is InChI=1S/C7H17N3O4S2/c1-15(11,12)9-5-7-3-2-4-10(6-7)16(8,13)14/h7,9H,2-6H2,1H3,(H2,8,13,14). The van der Waals surface area contributed by atoms with Gasteiger partial charge in [-0.15, -0.1) is 0 Å². The number of hydrogen-bond acceptors (Lipinski definition) is 4. The van der Waals surface area contributed by atoms with Crippen LogP contribution in [0.1, 0.15) is 12.8 Å². The van der Waals surface area contributed by atoms with Crippen molar-refractivity contribution in [2.45, 2.75) is 12.8 Å². The van der Waals surface area contributed by atoms with Crippen molar-refractivity contribution < 1.29 is 16.8 Å². The van der Waals surface area contributed by atoms with E-state index in [9.17, 15) is 16.8 Å². The summed E-state index contributed by atoms with van der Waals surface area (Å²) in [6, 6.07) is 0. The molecule has 0 bridgehead atoms. The molecule has 1 fully saturated rings. The van der Waals surface area contributed by atoms with Crippen LogP contribution in [0, 0.1) is 5.92 Å². The van der Waals surface area contributed by atoms with Crippen LogP contribution in [0.25, 0.3) is 0 Å². The Morgan fingerprint density at radius 1 is 1.38 bits per heavy atom. The van der Waals surface area contributed by atoms with Gasteiger partial charge in [0.1, 0.15) is 0 Å². The molecule has 7 nitrogen and oxygen atoms in total. The molecule has 1 atom stereocenters. The van der Waals surface area contributed by atoms with Gasteiger partial charge in [0.2, 0.25) is 10.0 Å². The van der Waals surface area contributed by atoms with E-state index in [2.05, 4.69) is 4.72 Å². The highest BCUT2D eigenvalue weighted by atomic mass is 32.2. The molecule has 0 saturated carbocycles. The van der Waals surface area contributed by atoms with E-state index in [-0.39, 0.29) is 19.0 Å². The van der Waals surface area contributed by atoms with E-state index in [1.165, 1.54) is 4.31 Å². The molecule has 1 unspecified atom stereocenters. The van der Waals surface area contributed by atoms with Crippen molar-refractivity contribution >= 4 is 20.2 Å². The van der Waals surface area contributed by atoms with Gasteiger partial charge in [0, 0.05) is 19.6 Å². The molecule has 0 aliphatic carbocycles. The van der Waals surface area contributed by atoms with E-state index >= 15 is 0 Å². The first kappa shape index (κ1) is 13.8. The Morgan fingerprint density at radius 2 is 2.00 bits per heavy atom. The molecule has 1 saturated heterocycles. The Labute approximate surface area is 96.2 Å². The van der Waals surface area contributed by atoms with Crippen LogP contribution in [0.2, 0.25) is 0 Å². The Balaban J connectivity index is 2.52. The Hall–Kier alpha value is -0.220. The first-order valence-corrected chi connectivity index (χ1v) is 8.30. The number of nitrogens with two attached hydrogens (primary N) is 1. The summed E-state index contributed by atoms with van der Waals surface area (Å²) in [5.41, 5.74) is 0. The van der Waals surface area contributed by atoms with Crippen LogP contribution in [-0.4, -0.2) is 47.0 Å². The summed E-state index contributed by atoms with van der Waals surface area (Å²) in [4.78, 5) is 0. The monoisotopic (exact) mass is 271 g/mol. The molecule has 9 heteroatoms. The van der Waals surface area contributed by atoms with Crippen molar-refractivity contribution in [3.63, 3.8) is 0 Å². The minimum atomic E-state index is -3.66. The van der Waals surface area contributed by atoms with Crippen LogP contribution >= 0.6 is 0 Å². The van der Waals surface area contributed by atoms with Crippen molar-refractivity contribution in [1.29, 1.82) is 0 Å². The lowest BCUT2D eigenvalue weighted by Gasteiger charge is -2.30. The zero-order chi connectivity index (χ0) is 12.4. The fraction of sp³-hybridized carbons (Fsp3) is 1.00. The summed E-state index contributed by atoms with van der Waals surface area (Å²) in [5.74, 6) is -0.0122. The topological polar surface area (TPSA) is 110 Å². The Kier molecular flexibility index (Phi) is 4.29. The highest BCUT2D eigenvalue weighted by Gasteiger charge is 2.26. The lowest BCUT2D eigenvalue weighted by molar-refractivity contribution is 0.267. The van der Waals surface area contributed by atoms with Gasteiger partial charge in [-0.1, -0.05) is 0 Å². The average molecular weight is 271 g/mol. The fourth-order valence-electron chi connectivity index (χ4n) is 1.69. The molecule has 0 aromatic carbocycles. The van der Waals surface area contributed by atoms with Crippen molar-refractivity contribution in [3.8, 4) is 0 Å². The number of sulfonamides is 1. The molecule has 0 radical (unpaired) electrons. The largest absolute Gasteiger partial charge is 0.276 e. The van der Waals surface area contributed by atoms with Gasteiger partial charge in [-0.3, -0.25) is 0 Å². The van der Waals surface area contributed by atoms with Crippen LogP contribution in [0.15, 0.2) is 0 Å². The quantitative estimate of drug-likeness (QED) is 0.645. The predicted molar refractivity (Wildman–Crippen MR) is 60.3 cm³/mol. The van der Waals surface area contributed by atoms with Crippen molar-refractivity contribution in [2.24, 2.45) is 11.1 Å². The molecule has 3 N–H and O–H groups in total. The van der Waals surface area contributed by atoms with Gasteiger partial charge < -0.3 is 0 Å². The van der Waals surface area contributed by atoms with E-state index in [4.69, 9.17) is 5.14 Å². The van der Waals surface area contributed by atoms with E-state index < -0.39 is 20.2 Å². The smallest absolute Gasteiger partial charge is 0.216 e. The summed E-state index contributed by atoms with van der Waals surface area (Å²) in [6.07, 6.45) is 2.58. The van der Waals surface area contributed by atoms with Gasteiger partial charge in [-0.2, -0.15) is 12.7 Å². The van der Waals surface area contributed by atoms with Crippen LogP contribution in [0.3, 0.4) is 0 Å². The molecule has 0 spiro atoms. The summed E-state index contributed by atoms with van der Waals surface area (Å²) < 4.78 is 47.5. The minimum Gasteiger partial charge on any atom is -0.216 e. The first-order chi connectivity index (χ1) is 7.18. The molecule has 1 aliphatic heterocycles. The van der Waals surface area contributed by atoms with E-state index in [0.29, 0.717) is 13.0 Å². The van der Waals surface area contributed by atoms with Crippen LogP contribution in [-0.2, 0) is 20.2 Å². The maximum absolute atomic E-state index is 11.1. The molecule has 16 heavy (non-hydrogen) atoms. The zero-order valence-electron chi connectivity index (χ0n) is 9.09. The molecule has 1 rings (SSSR count). The van der Waals surface area contributed by atoms with E-state index in [1.54, 1.807) is 0 Å². The molecule has 0 aromatic rings. The van der Waals surface area contributed by atoms with E-state index in [1.807, 2.05) is 0 Å². The van der Waals surface area contributed by atoms with Gasteiger partial charge in [-0.25, -0.2) is 18.3 Å². The van der Waals surface area contributed by atoms with Crippen molar-refractivity contribution in [1.82, 2.24) is 9.03 Å². The van der Waals surface area contributed by atoms with E-state index in [0.717, 1.165) is 12.7 Å². The highest BCUT2D eigenvalue weighted by Crippen LogP contribution is 2.17. The molecular formula is C7H17N3O4S2. The number of hydrogen-bond donors (Lipinski definition) is 2. The predicted octanol–water partition coefficient (Wildman–Crippen LogP) is -1.55. The van der Waals surface area contributed by atoms with Crippen LogP contribution in [0.4, 0.5) is 0 Å². The number of nitrogens with one attached hydrogen (secondary N) is 1. The summed E-state index contributed by atoms with van der Waals surface area (Å²) in [5, 5.41) is 5.01. The SMILES string of the molecule is CS(=O)(=O)NCC1CCCN(S(N)(=O)=O)C1. The Bertz CT molecular complexity index is 431. The van der Waals surface area contributed by atoms with Gasteiger partial charge in [0.15, 0.2) is 0 Å². The van der Waals surface area contributed by atoms with Gasteiger partial charge in [0.25, 0.3) is 10.2 Å². The fourth-order valence-corrected chi connectivity index (χ4v) is 3.03. The second kappa shape index (κ2) is 4.96. The second-order valence-corrected chi connectivity index (χ2v) is 7.41. The van der Waals surface area contributed by atoms with Gasteiger partial charge in [-0.05, 0) is 18.8 Å². The maximum Gasteiger partial charge on any atom is 0.276 e. The average Bonchev–Trinajstić information content (AvgIpc) is 2.13. The number of piperidine rings is 1. The molecule has 1 aliphatic rings. The van der Waals surface area contributed by atoms with Crippen molar-refractivity contribution in [3.05, 3.63) is 0 Å². The molecule has 96 valence electrons. The highest BCUT2D eigenvalue weighted by molar-refractivity contribution is 7.88. The lowest BCUT2D eigenvalue weighted by atomic mass is 10.0. The zero-order valence-corrected chi connectivity index (χ0v) is 10.7. The molecular weight excluding hydrogens is 254 g/mol. The van der Waals surface area contributed by atoms with Crippen LogP contribution < -0.4 is 9.86 Å². The second-order valence-electron chi connectivity index (χ2n) is 4.03. The third-order valence-electron chi connectivity index (χ3n) is 2.48. The third-order valence-corrected chi connectivity index (χ3v) is 4.22. The molecule has 1 heterocycles. The van der Waals surface area contributed by atoms with Gasteiger partial charge >= 0.3 is 0 Å². The summed E-state index contributed by atoms with van der Waals surface area (Å²) >= 11 is 0. The normalized spacial score (nSPS) is 24.5. The Morgan fingerprint density at radius 3 is 2.50 bits per heavy atom. The lowest BCUT2D eigenvalue weighted by Crippen LogP contribution is -2.46. The minimum absolute atomic E-state index is 0.0122. The summed E-state index contributed by atoms with van der Waals surface area (Å²) in [6.45, 7) is 0.945. The number of nitrogens with zero attached hydrogens (tertiary/aromatic N) is 1. The summed E-state index contributed by atoms with van der Waals surface area (Å²) in [7, 11) is -6.88. The first-order valence-electron chi connectivity index (χ1n) is 4.91. The maximum atomic E-state index is 11.1. The van der Waals surface area contributed by atoms with Crippen LogP contribution in [0.5, 0.6) is 0 Å². The van der Waals surface area contributed by atoms with Crippen molar-refractivity contribution in [2.75, 3.05) is 25.9 Å². The molecule has 0 amide bonds. The van der Waals surface area contributed by atoms with Gasteiger partial charge in [0.05, 0.1) is 6.26 Å². The third kappa shape index (κ3) is 4.74. The molecule has 0 aromatic heterocycles. The number of rotatable bonds is 4.